The van der Waals surface area contributed by atoms with Crippen molar-refractivity contribution in [2.75, 3.05) is 6.61 Å². The van der Waals surface area contributed by atoms with Crippen molar-refractivity contribution in [3.8, 4) is 0 Å². The van der Waals surface area contributed by atoms with Crippen molar-refractivity contribution in [2.45, 2.75) is 38.0 Å². The molecule has 4 nitrogen and oxygen atoms in total. The van der Waals surface area contributed by atoms with Gasteiger partial charge in [-0.2, -0.15) is 13.2 Å². The molecule has 2 heterocycles. The van der Waals surface area contributed by atoms with Crippen LogP contribution in [0.5, 0.6) is 0 Å². The number of thiophene rings is 1. The summed E-state index contributed by atoms with van der Waals surface area (Å²) >= 11 is 1.46. The first-order chi connectivity index (χ1) is 12.9. The van der Waals surface area contributed by atoms with Gasteiger partial charge in [0.15, 0.2) is 0 Å². The zero-order valence-electron chi connectivity index (χ0n) is 14.3. The van der Waals surface area contributed by atoms with Crippen molar-refractivity contribution in [1.29, 1.82) is 0 Å². The average Bonchev–Trinajstić information content (AvgIpc) is 2.99. The minimum atomic E-state index is -4.40. The first-order valence-corrected chi connectivity index (χ1v) is 9.45. The van der Waals surface area contributed by atoms with Crippen molar-refractivity contribution in [3.63, 3.8) is 0 Å². The van der Waals surface area contributed by atoms with Crippen molar-refractivity contribution in [3.05, 3.63) is 62.5 Å². The highest BCUT2D eigenvalue weighted by atomic mass is 32.1. The molecule has 0 bridgehead atoms. The lowest BCUT2D eigenvalue weighted by atomic mass is 9.83. The van der Waals surface area contributed by atoms with E-state index in [0.717, 1.165) is 29.7 Å². The second kappa shape index (κ2) is 7.09. The van der Waals surface area contributed by atoms with E-state index in [1.54, 1.807) is 0 Å². The number of rotatable bonds is 4. The van der Waals surface area contributed by atoms with E-state index in [0.29, 0.717) is 16.1 Å². The van der Waals surface area contributed by atoms with Crippen LogP contribution in [0.15, 0.2) is 35.1 Å². The van der Waals surface area contributed by atoms with Crippen molar-refractivity contribution < 1.29 is 17.9 Å². The van der Waals surface area contributed by atoms with Gasteiger partial charge in [-0.15, -0.1) is 11.3 Å². The number of nitrogens with zero attached hydrogens (tertiary/aromatic N) is 1. The molecule has 2 aromatic heterocycles. The Morgan fingerprint density at radius 2 is 2.04 bits per heavy atom. The van der Waals surface area contributed by atoms with Gasteiger partial charge in [0.1, 0.15) is 23.9 Å². The van der Waals surface area contributed by atoms with Crippen LogP contribution in [0, 0.1) is 0 Å². The highest BCUT2D eigenvalue weighted by Gasteiger charge is 2.28. The lowest BCUT2D eigenvalue weighted by Crippen LogP contribution is -2.19. The molecule has 1 aliphatic rings. The number of aryl methyl sites for hydroxylation is 1. The number of ether oxygens (including phenoxy) is 1. The smallest absolute Gasteiger partial charge is 0.364 e. The Morgan fingerprint density at radius 3 is 2.78 bits per heavy atom. The fourth-order valence-corrected chi connectivity index (χ4v) is 4.89. The fraction of sp³-hybridized carbons (Fsp3) is 0.368. The van der Waals surface area contributed by atoms with Gasteiger partial charge in [0.05, 0.1) is 5.39 Å². The molecule has 0 saturated heterocycles. The van der Waals surface area contributed by atoms with E-state index in [4.69, 9.17) is 0 Å². The van der Waals surface area contributed by atoms with Gasteiger partial charge in [0.2, 0.25) is 0 Å². The number of H-pyrrole nitrogens is 1. The second-order valence-electron chi connectivity index (χ2n) is 6.65. The molecular weight excluding hydrogens is 377 g/mol. The van der Waals surface area contributed by atoms with E-state index in [2.05, 4.69) is 26.8 Å². The summed E-state index contributed by atoms with van der Waals surface area (Å²) < 4.78 is 41.2. The van der Waals surface area contributed by atoms with Crippen molar-refractivity contribution >= 4 is 21.6 Å². The third-order valence-corrected chi connectivity index (χ3v) is 5.89. The van der Waals surface area contributed by atoms with E-state index in [1.165, 1.54) is 16.9 Å². The Bertz CT molecular complexity index is 1010. The van der Waals surface area contributed by atoms with Crippen LogP contribution < -0.4 is 5.56 Å². The maximum atomic E-state index is 12.5. The lowest BCUT2D eigenvalue weighted by molar-refractivity contribution is -0.177. The molecule has 142 valence electrons. The summed E-state index contributed by atoms with van der Waals surface area (Å²) in [6.07, 6.45) is -1.80. The summed E-state index contributed by atoms with van der Waals surface area (Å²) in [5, 5.41) is 0.570. The second-order valence-corrected chi connectivity index (χ2v) is 7.74. The van der Waals surface area contributed by atoms with Gasteiger partial charge in [-0.3, -0.25) is 4.79 Å². The standard InChI is InChI=1S/C19H17F3N2O2S/c20-19(21,22)10-26-9-15-23-17(25)16-13-7-6-12(11-4-2-1-3-5-11)8-14(13)27-18(16)24-15/h1-5,12H,6-10H2,(H,23,24,25). The van der Waals surface area contributed by atoms with Crippen molar-refractivity contribution in [1.82, 2.24) is 9.97 Å². The zero-order valence-corrected chi connectivity index (χ0v) is 15.1. The summed E-state index contributed by atoms with van der Waals surface area (Å²) in [5.74, 6) is 0.524. The molecule has 1 aromatic carbocycles. The first-order valence-electron chi connectivity index (χ1n) is 8.63. The third-order valence-electron chi connectivity index (χ3n) is 4.74. The molecule has 0 fully saturated rings. The molecule has 0 radical (unpaired) electrons. The Hall–Kier alpha value is -2.19. The highest BCUT2D eigenvalue weighted by Crippen LogP contribution is 2.39. The molecule has 8 heteroatoms. The van der Waals surface area contributed by atoms with Crippen LogP contribution in [0.4, 0.5) is 13.2 Å². The summed E-state index contributed by atoms with van der Waals surface area (Å²) in [4.78, 5) is 21.1. The predicted molar refractivity (Wildman–Crippen MR) is 97.2 cm³/mol. The number of hydrogen-bond acceptors (Lipinski definition) is 4. The molecular formula is C19H17F3N2O2S. The summed E-state index contributed by atoms with van der Waals surface area (Å²) in [6, 6.07) is 10.3. The predicted octanol–water partition coefficient (Wildman–Crippen LogP) is 4.34. The molecule has 1 atom stereocenters. The number of aromatic nitrogens is 2. The van der Waals surface area contributed by atoms with Gasteiger partial charge in [-0.25, -0.2) is 4.98 Å². The van der Waals surface area contributed by atoms with Gasteiger partial charge in [0.25, 0.3) is 5.56 Å². The normalized spacial score (nSPS) is 17.2. The highest BCUT2D eigenvalue weighted by molar-refractivity contribution is 7.18. The SMILES string of the molecule is O=c1[nH]c(COCC(F)(F)F)nc2sc3c(c12)CCC(c1ccccc1)C3. The molecule has 0 aliphatic heterocycles. The summed E-state index contributed by atoms with van der Waals surface area (Å²) in [7, 11) is 0. The fourth-order valence-electron chi connectivity index (χ4n) is 3.57. The minimum Gasteiger partial charge on any atom is -0.364 e. The Kier molecular flexibility index (Phi) is 4.77. The number of fused-ring (bicyclic) bond motifs is 3. The van der Waals surface area contributed by atoms with Crippen LogP contribution in [0.2, 0.25) is 0 Å². The van der Waals surface area contributed by atoms with Crippen LogP contribution in [-0.4, -0.2) is 22.8 Å². The van der Waals surface area contributed by atoms with E-state index < -0.39 is 12.8 Å². The maximum Gasteiger partial charge on any atom is 0.411 e. The zero-order chi connectivity index (χ0) is 19.0. The molecule has 1 aliphatic carbocycles. The first kappa shape index (κ1) is 18.2. The topological polar surface area (TPSA) is 55.0 Å². The van der Waals surface area contributed by atoms with E-state index in [1.807, 2.05) is 18.2 Å². The van der Waals surface area contributed by atoms with Crippen LogP contribution in [0.3, 0.4) is 0 Å². The molecule has 0 spiro atoms. The summed E-state index contributed by atoms with van der Waals surface area (Å²) in [6.45, 7) is -1.74. The number of benzene rings is 1. The molecule has 27 heavy (non-hydrogen) atoms. The van der Waals surface area contributed by atoms with Gasteiger partial charge in [0, 0.05) is 4.88 Å². The molecule has 1 N–H and O–H groups in total. The Morgan fingerprint density at radius 1 is 1.26 bits per heavy atom. The van der Waals surface area contributed by atoms with E-state index >= 15 is 0 Å². The molecule has 0 amide bonds. The summed E-state index contributed by atoms with van der Waals surface area (Å²) in [5.41, 5.74) is 2.00. The van der Waals surface area contributed by atoms with Gasteiger partial charge >= 0.3 is 6.18 Å². The lowest BCUT2D eigenvalue weighted by Gasteiger charge is -2.22. The van der Waals surface area contributed by atoms with Crippen LogP contribution in [0.1, 0.15) is 34.2 Å². The molecule has 0 saturated carbocycles. The van der Waals surface area contributed by atoms with Crippen LogP contribution in [0.25, 0.3) is 10.2 Å². The number of alkyl halides is 3. The monoisotopic (exact) mass is 394 g/mol. The maximum absolute atomic E-state index is 12.5. The van der Waals surface area contributed by atoms with E-state index in [9.17, 15) is 18.0 Å². The third kappa shape index (κ3) is 3.91. The quantitative estimate of drug-likeness (QED) is 0.716. The van der Waals surface area contributed by atoms with Gasteiger partial charge in [-0.1, -0.05) is 30.3 Å². The number of nitrogens with one attached hydrogen (secondary N) is 1. The van der Waals surface area contributed by atoms with Gasteiger partial charge in [-0.05, 0) is 36.3 Å². The molecule has 4 rings (SSSR count). The van der Waals surface area contributed by atoms with Gasteiger partial charge < -0.3 is 9.72 Å². The number of aromatic amines is 1. The van der Waals surface area contributed by atoms with E-state index in [-0.39, 0.29) is 18.0 Å². The Balaban J connectivity index is 1.59. The van der Waals surface area contributed by atoms with Crippen molar-refractivity contribution in [2.24, 2.45) is 0 Å². The largest absolute Gasteiger partial charge is 0.411 e. The van der Waals surface area contributed by atoms with Crippen LogP contribution >= 0.6 is 11.3 Å². The van der Waals surface area contributed by atoms with Crippen LogP contribution in [-0.2, 0) is 24.2 Å². The molecule has 3 aromatic rings. The minimum absolute atomic E-state index is 0.120. The number of hydrogen-bond donors (Lipinski definition) is 1. The number of halogens is 3. The molecule has 1 unspecified atom stereocenters. The average molecular weight is 394 g/mol. The Labute approximate surface area is 157 Å².